The van der Waals surface area contributed by atoms with E-state index in [0.717, 1.165) is 25.7 Å². The molecule has 0 fully saturated rings. The van der Waals surface area contributed by atoms with E-state index >= 15 is 0 Å². The molecule has 1 aliphatic carbocycles. The Bertz CT molecular complexity index is 1010. The molecule has 1 aliphatic rings. The smallest absolute Gasteiger partial charge is 0.333 e. The molecule has 0 saturated carbocycles. The number of carbonyl (C=O) groups is 2. The van der Waals surface area contributed by atoms with E-state index in [0.29, 0.717) is 5.57 Å². The third-order valence-corrected chi connectivity index (χ3v) is 6.13. The molecule has 35 heavy (non-hydrogen) atoms. The zero-order valence-electron chi connectivity index (χ0n) is 20.2. The topological polar surface area (TPSA) is 113 Å². The van der Waals surface area contributed by atoms with Gasteiger partial charge in [-0.05, 0) is 54.8 Å². The third-order valence-electron chi connectivity index (χ3n) is 6.13. The quantitative estimate of drug-likeness (QED) is 0.219. The number of azide groups is 1. The third kappa shape index (κ3) is 7.98. The normalized spacial score (nSPS) is 19.4. The Morgan fingerprint density at radius 3 is 2.11 bits per heavy atom. The lowest BCUT2D eigenvalue weighted by Crippen LogP contribution is -2.53. The van der Waals surface area contributed by atoms with Crippen LogP contribution in [0.1, 0.15) is 37.3 Å². The molecule has 1 unspecified atom stereocenters. The van der Waals surface area contributed by atoms with Gasteiger partial charge in [-0.15, -0.1) is 0 Å². The summed E-state index contributed by atoms with van der Waals surface area (Å²) in [5, 5.41) is 6.74. The van der Waals surface area contributed by atoms with Crippen molar-refractivity contribution in [2.24, 2.45) is 5.11 Å². The van der Waals surface area contributed by atoms with Gasteiger partial charge in [0.2, 0.25) is 5.91 Å². The first-order valence-corrected chi connectivity index (χ1v) is 11.8. The number of hydrogen-bond acceptors (Lipinski definition) is 5. The fourth-order valence-electron chi connectivity index (χ4n) is 4.39. The molecule has 3 atom stereocenters. The molecule has 8 heteroatoms. The van der Waals surface area contributed by atoms with Crippen LogP contribution in [-0.2, 0) is 31.9 Å². The number of ether oxygens (including phenoxy) is 2. The van der Waals surface area contributed by atoms with Gasteiger partial charge in [-0.25, -0.2) is 4.79 Å². The Balaban J connectivity index is 1.85. The molecule has 0 aromatic heterocycles. The van der Waals surface area contributed by atoms with E-state index in [-0.39, 0.29) is 18.4 Å². The average molecular weight is 477 g/mol. The molecule has 0 bridgehead atoms. The highest BCUT2D eigenvalue weighted by Crippen LogP contribution is 2.28. The first-order valence-electron chi connectivity index (χ1n) is 11.8. The van der Waals surface area contributed by atoms with Crippen LogP contribution in [-0.4, -0.2) is 43.3 Å². The number of rotatable bonds is 11. The van der Waals surface area contributed by atoms with E-state index < -0.39 is 24.2 Å². The van der Waals surface area contributed by atoms with Crippen molar-refractivity contribution in [1.29, 1.82) is 0 Å². The second-order valence-corrected chi connectivity index (χ2v) is 8.66. The van der Waals surface area contributed by atoms with E-state index in [1.807, 2.05) is 36.4 Å². The monoisotopic (exact) mass is 476 g/mol. The Morgan fingerprint density at radius 1 is 1.06 bits per heavy atom. The van der Waals surface area contributed by atoms with Gasteiger partial charge in [0.05, 0.1) is 31.4 Å². The number of nitrogens with one attached hydrogen (secondary N) is 1. The Morgan fingerprint density at radius 2 is 1.63 bits per heavy atom. The average Bonchev–Trinajstić information content (AvgIpc) is 2.87. The summed E-state index contributed by atoms with van der Waals surface area (Å²) >= 11 is 0. The first kappa shape index (κ1) is 26.0. The summed E-state index contributed by atoms with van der Waals surface area (Å²) in [6.07, 6.45) is 4.23. The summed E-state index contributed by atoms with van der Waals surface area (Å²) in [6.45, 7) is 1.41. The molecule has 1 N–H and O–H groups in total. The number of methoxy groups -OCH3 is 1. The van der Waals surface area contributed by atoms with E-state index in [1.165, 1.54) is 25.2 Å². The molecule has 0 spiro atoms. The summed E-state index contributed by atoms with van der Waals surface area (Å²) in [7, 11) is 1.31. The lowest BCUT2D eigenvalue weighted by Gasteiger charge is -2.36. The van der Waals surface area contributed by atoms with Crippen LogP contribution in [0.15, 0.2) is 77.4 Å². The predicted molar refractivity (Wildman–Crippen MR) is 133 cm³/mol. The molecular weight excluding hydrogens is 444 g/mol. The van der Waals surface area contributed by atoms with Gasteiger partial charge in [-0.3, -0.25) is 4.79 Å². The summed E-state index contributed by atoms with van der Waals surface area (Å²) in [6, 6.07) is 19.1. The van der Waals surface area contributed by atoms with Gasteiger partial charge in [0, 0.05) is 17.4 Å². The lowest BCUT2D eigenvalue weighted by molar-refractivity contribution is -0.136. The predicted octanol–water partition coefficient (Wildman–Crippen LogP) is 4.69. The molecule has 184 valence electrons. The molecule has 3 rings (SSSR count). The highest BCUT2D eigenvalue weighted by atomic mass is 16.5. The van der Waals surface area contributed by atoms with Crippen molar-refractivity contribution in [3.05, 3.63) is 93.9 Å². The number of aryl methyl sites for hydroxylation is 2. The Kier molecular flexibility index (Phi) is 9.90. The van der Waals surface area contributed by atoms with Gasteiger partial charge in [0.1, 0.15) is 0 Å². The number of carbonyl (C=O) groups excluding carboxylic acids is 2. The van der Waals surface area contributed by atoms with E-state index in [2.05, 4.69) is 39.6 Å². The van der Waals surface area contributed by atoms with E-state index in [4.69, 9.17) is 15.0 Å². The molecular formula is C27H32N4O4. The van der Waals surface area contributed by atoms with Crippen LogP contribution in [0.25, 0.3) is 10.4 Å². The summed E-state index contributed by atoms with van der Waals surface area (Å²) in [5.74, 6) is -0.759. The number of benzene rings is 2. The van der Waals surface area contributed by atoms with E-state index in [1.54, 1.807) is 6.08 Å². The van der Waals surface area contributed by atoms with Gasteiger partial charge in [-0.2, -0.15) is 0 Å². The molecule has 0 radical (unpaired) electrons. The highest BCUT2D eigenvalue weighted by molar-refractivity contribution is 5.89. The summed E-state index contributed by atoms with van der Waals surface area (Å²) in [4.78, 5) is 27.2. The van der Waals surface area contributed by atoms with E-state index in [9.17, 15) is 9.59 Å². The zero-order valence-corrected chi connectivity index (χ0v) is 20.2. The largest absolute Gasteiger partial charge is 0.466 e. The molecule has 0 saturated heterocycles. The van der Waals surface area contributed by atoms with Crippen LogP contribution in [0.2, 0.25) is 0 Å². The van der Waals surface area contributed by atoms with Crippen LogP contribution >= 0.6 is 0 Å². The van der Waals surface area contributed by atoms with Crippen molar-refractivity contribution in [2.75, 3.05) is 7.11 Å². The molecule has 8 nitrogen and oxygen atoms in total. The fraction of sp³-hybridized carbons (Fsp3) is 0.407. The van der Waals surface area contributed by atoms with Crippen LogP contribution in [0.5, 0.6) is 0 Å². The van der Waals surface area contributed by atoms with Crippen molar-refractivity contribution in [3.63, 3.8) is 0 Å². The minimum absolute atomic E-state index is 0.156. The number of esters is 1. The fourth-order valence-corrected chi connectivity index (χ4v) is 4.39. The van der Waals surface area contributed by atoms with Crippen molar-refractivity contribution in [1.82, 2.24) is 5.32 Å². The lowest BCUT2D eigenvalue weighted by atomic mass is 9.88. The second-order valence-electron chi connectivity index (χ2n) is 8.66. The Hall–Kier alpha value is -3.61. The van der Waals surface area contributed by atoms with Crippen molar-refractivity contribution in [3.8, 4) is 0 Å². The minimum Gasteiger partial charge on any atom is -0.466 e. The van der Waals surface area contributed by atoms with Crippen LogP contribution in [0.3, 0.4) is 0 Å². The molecule has 0 heterocycles. The number of hydrogen-bond donors (Lipinski definition) is 1. The first-order chi connectivity index (χ1) is 17.0. The standard InChI is InChI=1S/C27H32N4O4/c1-19(32)29-26-24(30-31-28)17-22(27(33)34-2)18-25(26)35-23(15-13-20-9-5-3-6-10-20)16-14-21-11-7-4-8-12-21/h3-12,18,23-26H,13-17H2,1-2H3,(H,29,32)/t24?,25-,26-/m1/s1. The number of nitrogens with zero attached hydrogens (tertiary/aromatic N) is 3. The molecule has 1 amide bonds. The SMILES string of the molecule is COC(=O)C1=C[C@@H](OC(CCc2ccccc2)CCc2ccccc2)[C@H](NC(C)=O)C(N=[N+]=[N-])C1. The van der Waals surface area contributed by atoms with Gasteiger partial charge < -0.3 is 14.8 Å². The molecule has 2 aromatic rings. The van der Waals surface area contributed by atoms with Crippen molar-refractivity contribution in [2.45, 2.75) is 63.3 Å². The van der Waals surface area contributed by atoms with Gasteiger partial charge >= 0.3 is 5.97 Å². The zero-order chi connectivity index (χ0) is 25.0. The second kappa shape index (κ2) is 13.3. The van der Waals surface area contributed by atoms with Crippen molar-refractivity contribution < 1.29 is 19.1 Å². The summed E-state index contributed by atoms with van der Waals surface area (Å²) < 4.78 is 11.5. The van der Waals surface area contributed by atoms with Gasteiger partial charge in [-0.1, -0.05) is 65.8 Å². The maximum Gasteiger partial charge on any atom is 0.333 e. The van der Waals surface area contributed by atoms with Crippen LogP contribution in [0.4, 0.5) is 0 Å². The molecule has 0 aliphatic heterocycles. The van der Waals surface area contributed by atoms with Gasteiger partial charge in [0.25, 0.3) is 0 Å². The summed E-state index contributed by atoms with van der Waals surface area (Å²) in [5.41, 5.74) is 11.9. The maximum atomic E-state index is 12.3. The van der Waals surface area contributed by atoms with Gasteiger partial charge in [0.15, 0.2) is 0 Å². The highest BCUT2D eigenvalue weighted by Gasteiger charge is 2.37. The van der Waals surface area contributed by atoms with Crippen molar-refractivity contribution >= 4 is 11.9 Å². The number of amides is 1. The maximum absolute atomic E-state index is 12.3. The van der Waals surface area contributed by atoms with Crippen LogP contribution < -0.4 is 5.32 Å². The minimum atomic E-state index is -0.670. The molecule has 2 aromatic carbocycles. The van der Waals surface area contributed by atoms with Crippen LogP contribution in [0, 0.1) is 0 Å². The Labute approximate surface area is 206 Å².